The molecule has 0 aliphatic heterocycles. The minimum atomic E-state index is -3.95. The van der Waals surface area contributed by atoms with Crippen molar-refractivity contribution in [2.45, 2.75) is 31.7 Å². The van der Waals surface area contributed by atoms with Crippen molar-refractivity contribution in [3.8, 4) is 5.75 Å². The third-order valence-electron chi connectivity index (χ3n) is 3.30. The molecule has 0 bridgehead atoms. The number of carboxylic acid groups (broad SMARTS) is 1. The zero-order valence-corrected chi connectivity index (χ0v) is 12.8. The molecule has 0 aliphatic carbocycles. The van der Waals surface area contributed by atoms with Gasteiger partial charge in [-0.25, -0.2) is 17.9 Å². The zero-order valence-electron chi connectivity index (χ0n) is 12.0. The van der Waals surface area contributed by atoms with Gasteiger partial charge in [0.2, 0.25) is 10.0 Å². The van der Waals surface area contributed by atoms with E-state index in [-0.39, 0.29) is 23.0 Å². The summed E-state index contributed by atoms with van der Waals surface area (Å²) in [6.07, 6.45) is 0. The minimum Gasteiger partial charge on any atom is -0.507 e. The van der Waals surface area contributed by atoms with Crippen molar-refractivity contribution in [1.82, 2.24) is 4.72 Å². The average molecular weight is 317 g/mol. The van der Waals surface area contributed by atoms with E-state index in [9.17, 15) is 18.3 Å². The van der Waals surface area contributed by atoms with Crippen LogP contribution in [0.1, 0.15) is 29.8 Å². The predicted molar refractivity (Wildman–Crippen MR) is 75.8 cm³/mol. The molecule has 0 saturated carbocycles. The fourth-order valence-corrected chi connectivity index (χ4v) is 3.32. The number of sulfonamides is 1. The molecule has 0 amide bonds. The summed E-state index contributed by atoms with van der Waals surface area (Å²) in [6, 6.07) is 1.49. The second-order valence-corrected chi connectivity index (χ2v) is 6.69. The molecule has 21 heavy (non-hydrogen) atoms. The number of aliphatic hydroxyl groups excluding tert-OH is 1. The molecule has 0 radical (unpaired) electrons. The molecule has 0 aromatic heterocycles. The Morgan fingerprint density at radius 1 is 1.33 bits per heavy atom. The van der Waals surface area contributed by atoms with Crippen LogP contribution in [0.5, 0.6) is 5.75 Å². The van der Waals surface area contributed by atoms with Crippen LogP contribution in [0.4, 0.5) is 0 Å². The number of carboxylic acids is 1. The van der Waals surface area contributed by atoms with E-state index >= 15 is 0 Å². The number of hydrogen-bond acceptors (Lipinski definition) is 5. The van der Waals surface area contributed by atoms with E-state index in [1.807, 2.05) is 0 Å². The number of carbonyl (C=O) groups is 1. The number of aromatic hydroxyl groups is 1. The third kappa shape index (κ3) is 3.93. The maximum Gasteiger partial charge on any atom is 0.339 e. The molecule has 7 nitrogen and oxygen atoms in total. The summed E-state index contributed by atoms with van der Waals surface area (Å²) in [5.74, 6) is -2.20. The highest BCUT2D eigenvalue weighted by Crippen LogP contribution is 2.25. The van der Waals surface area contributed by atoms with Gasteiger partial charge in [0, 0.05) is 12.6 Å². The van der Waals surface area contributed by atoms with Crippen LogP contribution in [0.3, 0.4) is 0 Å². The Morgan fingerprint density at radius 3 is 2.38 bits per heavy atom. The third-order valence-corrected chi connectivity index (χ3v) is 5.00. The maximum atomic E-state index is 12.3. The summed E-state index contributed by atoms with van der Waals surface area (Å²) in [7, 11) is -3.95. The first-order valence-electron chi connectivity index (χ1n) is 6.30. The molecule has 0 saturated heterocycles. The summed E-state index contributed by atoms with van der Waals surface area (Å²) in [5, 5.41) is 27.5. The van der Waals surface area contributed by atoms with Gasteiger partial charge in [-0.15, -0.1) is 0 Å². The van der Waals surface area contributed by atoms with Gasteiger partial charge < -0.3 is 15.3 Å². The first kappa shape index (κ1) is 17.4. The van der Waals surface area contributed by atoms with Gasteiger partial charge >= 0.3 is 5.97 Å². The molecule has 0 spiro atoms. The number of aliphatic hydroxyl groups is 1. The van der Waals surface area contributed by atoms with E-state index in [1.165, 1.54) is 6.92 Å². The molecule has 0 heterocycles. The van der Waals surface area contributed by atoms with Crippen LogP contribution in [0.25, 0.3) is 0 Å². The molecule has 0 aliphatic rings. The Balaban J connectivity index is 3.26. The van der Waals surface area contributed by atoms with Gasteiger partial charge in [0.05, 0.1) is 4.90 Å². The van der Waals surface area contributed by atoms with Gasteiger partial charge in [0.25, 0.3) is 0 Å². The standard InChI is InChI=1S/C13H19NO6S/c1-7-4-11(16)10(13(17)18)5-12(7)21(19,20)14-9(3)8(2)6-15/h4-5,8-9,14-16H,6H2,1-3H3,(H,17,18). The number of benzene rings is 1. The van der Waals surface area contributed by atoms with Crippen molar-refractivity contribution in [2.75, 3.05) is 6.61 Å². The predicted octanol–water partition coefficient (Wildman–Crippen LogP) is 0.694. The summed E-state index contributed by atoms with van der Waals surface area (Å²) < 4.78 is 27.0. The number of aryl methyl sites for hydroxylation is 1. The van der Waals surface area contributed by atoms with Crippen LogP contribution in [0.15, 0.2) is 17.0 Å². The van der Waals surface area contributed by atoms with E-state index in [0.29, 0.717) is 0 Å². The Labute approximate surface area is 123 Å². The fraction of sp³-hybridized carbons (Fsp3) is 0.462. The first-order chi connectivity index (χ1) is 9.60. The lowest BCUT2D eigenvalue weighted by atomic mass is 10.1. The second-order valence-electron chi connectivity index (χ2n) is 5.01. The SMILES string of the molecule is Cc1cc(O)c(C(=O)O)cc1S(=O)(=O)NC(C)C(C)CO. The van der Waals surface area contributed by atoms with Crippen molar-refractivity contribution in [3.63, 3.8) is 0 Å². The lowest BCUT2D eigenvalue weighted by Crippen LogP contribution is -2.38. The van der Waals surface area contributed by atoms with E-state index in [2.05, 4.69) is 4.72 Å². The van der Waals surface area contributed by atoms with Crippen molar-refractivity contribution in [1.29, 1.82) is 0 Å². The van der Waals surface area contributed by atoms with E-state index < -0.39 is 33.3 Å². The Hall–Kier alpha value is -1.64. The number of phenols is 1. The summed E-state index contributed by atoms with van der Waals surface area (Å²) >= 11 is 0. The molecule has 2 atom stereocenters. The lowest BCUT2D eigenvalue weighted by Gasteiger charge is -2.20. The van der Waals surface area contributed by atoms with Crippen molar-refractivity contribution >= 4 is 16.0 Å². The largest absolute Gasteiger partial charge is 0.507 e. The molecule has 8 heteroatoms. The lowest BCUT2D eigenvalue weighted by molar-refractivity contribution is 0.0693. The normalized spacial score (nSPS) is 14.7. The maximum absolute atomic E-state index is 12.3. The van der Waals surface area contributed by atoms with E-state index in [0.717, 1.165) is 12.1 Å². The molecular formula is C13H19NO6S. The highest BCUT2D eigenvalue weighted by molar-refractivity contribution is 7.89. The Kier molecular flexibility index (Phi) is 5.32. The Bertz CT molecular complexity index is 640. The fourth-order valence-electron chi connectivity index (χ4n) is 1.72. The highest BCUT2D eigenvalue weighted by Gasteiger charge is 2.25. The second kappa shape index (κ2) is 6.42. The van der Waals surface area contributed by atoms with Crippen LogP contribution in [-0.4, -0.2) is 42.4 Å². The van der Waals surface area contributed by atoms with Crippen LogP contribution in [-0.2, 0) is 10.0 Å². The van der Waals surface area contributed by atoms with Gasteiger partial charge in [-0.3, -0.25) is 0 Å². The molecule has 1 aromatic rings. The summed E-state index contributed by atoms with van der Waals surface area (Å²) in [4.78, 5) is 10.8. The van der Waals surface area contributed by atoms with Crippen LogP contribution in [0, 0.1) is 12.8 Å². The number of aromatic carboxylic acids is 1. The Morgan fingerprint density at radius 2 is 1.90 bits per heavy atom. The van der Waals surface area contributed by atoms with Gasteiger partial charge in [-0.05, 0) is 37.5 Å². The summed E-state index contributed by atoms with van der Waals surface area (Å²) in [5.41, 5.74) is -0.252. The molecule has 0 fully saturated rings. The van der Waals surface area contributed by atoms with Crippen molar-refractivity contribution in [2.24, 2.45) is 5.92 Å². The molecule has 118 valence electrons. The smallest absolute Gasteiger partial charge is 0.339 e. The van der Waals surface area contributed by atoms with Crippen molar-refractivity contribution in [3.05, 3.63) is 23.3 Å². The van der Waals surface area contributed by atoms with Crippen LogP contribution in [0.2, 0.25) is 0 Å². The molecule has 1 rings (SSSR count). The molecular weight excluding hydrogens is 298 g/mol. The number of nitrogens with one attached hydrogen (secondary N) is 1. The van der Waals surface area contributed by atoms with Gasteiger partial charge in [0.1, 0.15) is 11.3 Å². The van der Waals surface area contributed by atoms with E-state index in [4.69, 9.17) is 10.2 Å². The van der Waals surface area contributed by atoms with Gasteiger partial charge in [0.15, 0.2) is 0 Å². The number of rotatable bonds is 6. The quantitative estimate of drug-likeness (QED) is 0.612. The van der Waals surface area contributed by atoms with Gasteiger partial charge in [-0.2, -0.15) is 0 Å². The van der Waals surface area contributed by atoms with Crippen LogP contribution < -0.4 is 4.72 Å². The summed E-state index contributed by atoms with van der Waals surface area (Å²) in [6.45, 7) is 4.56. The monoisotopic (exact) mass is 317 g/mol. The number of hydrogen-bond donors (Lipinski definition) is 4. The molecule has 2 unspecified atom stereocenters. The van der Waals surface area contributed by atoms with Crippen molar-refractivity contribution < 1.29 is 28.5 Å². The minimum absolute atomic E-state index is 0.182. The van der Waals surface area contributed by atoms with E-state index in [1.54, 1.807) is 13.8 Å². The molecule has 4 N–H and O–H groups in total. The van der Waals surface area contributed by atoms with Crippen LogP contribution >= 0.6 is 0 Å². The highest BCUT2D eigenvalue weighted by atomic mass is 32.2. The topological polar surface area (TPSA) is 124 Å². The van der Waals surface area contributed by atoms with Gasteiger partial charge in [-0.1, -0.05) is 6.92 Å². The zero-order chi connectivity index (χ0) is 16.4. The first-order valence-corrected chi connectivity index (χ1v) is 7.78. The average Bonchev–Trinajstić information content (AvgIpc) is 2.36. The molecule has 1 aromatic carbocycles.